The zero-order valence-electron chi connectivity index (χ0n) is 20.6. The largest absolute Gasteiger partial charge is 0.486 e. The number of rotatable bonds is 10. The molecule has 10 heteroatoms. The summed E-state index contributed by atoms with van der Waals surface area (Å²) in [7, 11) is -3.83. The van der Waals surface area contributed by atoms with E-state index in [0.29, 0.717) is 37.7 Å². The predicted octanol–water partition coefficient (Wildman–Crippen LogP) is 2.48. The van der Waals surface area contributed by atoms with E-state index in [-0.39, 0.29) is 18.1 Å². The molecule has 1 aliphatic heterocycles. The molecule has 0 fully saturated rings. The number of benzene rings is 2. The highest BCUT2D eigenvalue weighted by Gasteiger charge is 2.32. The van der Waals surface area contributed by atoms with Gasteiger partial charge in [-0.25, -0.2) is 8.42 Å². The highest BCUT2D eigenvalue weighted by atomic mass is 32.2. The van der Waals surface area contributed by atoms with Crippen LogP contribution in [0.2, 0.25) is 0 Å². The summed E-state index contributed by atoms with van der Waals surface area (Å²) in [6.07, 6.45) is 1.43. The first kappa shape index (κ1) is 26.3. The smallest absolute Gasteiger partial charge is 0.244 e. The lowest BCUT2D eigenvalue weighted by Crippen LogP contribution is -2.52. The van der Waals surface area contributed by atoms with Crippen molar-refractivity contribution in [3.8, 4) is 11.5 Å². The zero-order valence-corrected chi connectivity index (χ0v) is 21.4. The number of nitrogens with zero attached hydrogens (tertiary/aromatic N) is 2. The van der Waals surface area contributed by atoms with Crippen LogP contribution in [0.3, 0.4) is 0 Å². The molecule has 1 aliphatic rings. The number of aryl methyl sites for hydroxylation is 1. The molecule has 1 atom stereocenters. The van der Waals surface area contributed by atoms with E-state index in [1.807, 2.05) is 45.0 Å². The minimum Gasteiger partial charge on any atom is -0.486 e. The first-order valence-electron chi connectivity index (χ1n) is 11.6. The van der Waals surface area contributed by atoms with E-state index in [4.69, 9.17) is 9.47 Å². The molecule has 0 bridgehead atoms. The first-order valence-corrected chi connectivity index (χ1v) is 13.5. The summed E-state index contributed by atoms with van der Waals surface area (Å²) in [5.74, 6) is 0.174. The van der Waals surface area contributed by atoms with Crippen molar-refractivity contribution in [2.75, 3.05) is 36.9 Å². The van der Waals surface area contributed by atoms with Gasteiger partial charge in [-0.2, -0.15) is 0 Å². The summed E-state index contributed by atoms with van der Waals surface area (Å²) in [6.45, 7) is 6.50. The number of sulfonamides is 1. The molecule has 190 valence electrons. The molecule has 0 unspecified atom stereocenters. The van der Waals surface area contributed by atoms with Crippen molar-refractivity contribution >= 4 is 27.5 Å². The Kier molecular flexibility index (Phi) is 8.61. The third kappa shape index (κ3) is 6.66. The fourth-order valence-corrected chi connectivity index (χ4v) is 4.74. The van der Waals surface area contributed by atoms with E-state index in [2.05, 4.69) is 5.32 Å². The van der Waals surface area contributed by atoms with Gasteiger partial charge in [0.15, 0.2) is 11.5 Å². The Hall–Kier alpha value is -3.27. The average molecular weight is 504 g/mol. The van der Waals surface area contributed by atoms with E-state index in [1.54, 1.807) is 18.2 Å². The van der Waals surface area contributed by atoms with Crippen LogP contribution in [-0.4, -0.2) is 63.7 Å². The van der Waals surface area contributed by atoms with Crippen LogP contribution in [0.15, 0.2) is 42.5 Å². The van der Waals surface area contributed by atoms with Crippen LogP contribution in [0, 0.1) is 6.92 Å². The van der Waals surface area contributed by atoms with Crippen molar-refractivity contribution in [3.05, 3.63) is 53.6 Å². The van der Waals surface area contributed by atoms with Gasteiger partial charge in [-0.05, 0) is 38.0 Å². The molecule has 0 aromatic heterocycles. The van der Waals surface area contributed by atoms with Crippen LogP contribution in [0.4, 0.5) is 5.69 Å². The average Bonchev–Trinajstić information content (AvgIpc) is 2.82. The second kappa shape index (κ2) is 11.4. The number of hydrogen-bond acceptors (Lipinski definition) is 6. The van der Waals surface area contributed by atoms with Gasteiger partial charge in [-0.1, -0.05) is 36.8 Å². The number of anilines is 1. The van der Waals surface area contributed by atoms with E-state index < -0.39 is 28.5 Å². The molecule has 0 saturated carbocycles. The zero-order chi connectivity index (χ0) is 25.6. The maximum atomic E-state index is 13.6. The quantitative estimate of drug-likeness (QED) is 0.534. The molecule has 1 N–H and O–H groups in total. The molecule has 0 spiro atoms. The molecule has 1 heterocycles. The van der Waals surface area contributed by atoms with Gasteiger partial charge >= 0.3 is 0 Å². The maximum Gasteiger partial charge on any atom is 0.244 e. The van der Waals surface area contributed by atoms with Crippen molar-refractivity contribution < 1.29 is 27.5 Å². The highest BCUT2D eigenvalue weighted by molar-refractivity contribution is 7.92. The summed E-state index contributed by atoms with van der Waals surface area (Å²) >= 11 is 0. The maximum absolute atomic E-state index is 13.6. The Bertz CT molecular complexity index is 1150. The molecule has 3 rings (SSSR count). The molecule has 2 aromatic carbocycles. The summed E-state index contributed by atoms with van der Waals surface area (Å²) in [5, 5.41) is 2.78. The Morgan fingerprint density at radius 1 is 1.03 bits per heavy atom. The van der Waals surface area contributed by atoms with Gasteiger partial charge < -0.3 is 19.7 Å². The molecule has 0 radical (unpaired) electrons. The van der Waals surface area contributed by atoms with Crippen molar-refractivity contribution in [3.63, 3.8) is 0 Å². The van der Waals surface area contributed by atoms with Crippen molar-refractivity contribution in [1.29, 1.82) is 0 Å². The van der Waals surface area contributed by atoms with Gasteiger partial charge in [0.1, 0.15) is 25.8 Å². The Morgan fingerprint density at radius 3 is 2.29 bits per heavy atom. The number of ether oxygens (including phenoxy) is 2. The first-order chi connectivity index (χ1) is 16.6. The lowest BCUT2D eigenvalue weighted by atomic mass is 10.1. The Morgan fingerprint density at radius 2 is 1.69 bits per heavy atom. The molecule has 0 aliphatic carbocycles. The van der Waals surface area contributed by atoms with E-state index in [0.717, 1.165) is 21.7 Å². The fraction of sp³-hybridized carbons (Fsp3) is 0.440. The van der Waals surface area contributed by atoms with Crippen LogP contribution in [0.1, 0.15) is 31.4 Å². The van der Waals surface area contributed by atoms with Gasteiger partial charge in [0, 0.05) is 19.2 Å². The lowest BCUT2D eigenvalue weighted by Gasteiger charge is -2.33. The van der Waals surface area contributed by atoms with Crippen LogP contribution in [-0.2, 0) is 26.2 Å². The molecule has 0 saturated heterocycles. The number of carbonyl (C=O) groups excluding carboxylic acids is 2. The summed E-state index contributed by atoms with van der Waals surface area (Å²) in [5.41, 5.74) is 2.20. The van der Waals surface area contributed by atoms with Gasteiger partial charge in [0.05, 0.1) is 11.9 Å². The number of hydrogen-bond donors (Lipinski definition) is 1. The molecule has 2 aromatic rings. The lowest BCUT2D eigenvalue weighted by molar-refractivity contribution is -0.140. The van der Waals surface area contributed by atoms with Crippen molar-refractivity contribution in [2.24, 2.45) is 0 Å². The number of amides is 2. The number of carbonyl (C=O) groups is 2. The van der Waals surface area contributed by atoms with Gasteiger partial charge in [-0.15, -0.1) is 0 Å². The van der Waals surface area contributed by atoms with E-state index in [9.17, 15) is 18.0 Å². The van der Waals surface area contributed by atoms with Crippen molar-refractivity contribution in [1.82, 2.24) is 10.2 Å². The van der Waals surface area contributed by atoms with Crippen LogP contribution >= 0.6 is 0 Å². The second-order valence-electron chi connectivity index (χ2n) is 8.42. The molecule has 35 heavy (non-hydrogen) atoms. The fourth-order valence-electron chi connectivity index (χ4n) is 3.90. The topological polar surface area (TPSA) is 105 Å². The van der Waals surface area contributed by atoms with Gasteiger partial charge in [0.2, 0.25) is 21.8 Å². The number of fused-ring (bicyclic) bond motifs is 1. The summed E-state index contributed by atoms with van der Waals surface area (Å²) in [4.78, 5) is 27.9. The normalized spacial score (nSPS) is 13.6. The third-order valence-electron chi connectivity index (χ3n) is 5.70. The molecule has 2 amide bonds. The third-order valence-corrected chi connectivity index (χ3v) is 6.84. The minimum absolute atomic E-state index is 0.174. The van der Waals surface area contributed by atoms with Crippen LogP contribution in [0.25, 0.3) is 0 Å². The SMILES string of the molecule is CCNC(=O)[C@@H](CC)N(Cc1ccc(C)cc1)C(=O)CN(c1ccc2c(c1)OCCO2)S(C)(=O)=O. The van der Waals surface area contributed by atoms with Gasteiger partial charge in [-0.3, -0.25) is 13.9 Å². The van der Waals surface area contributed by atoms with E-state index in [1.165, 1.54) is 4.90 Å². The molecule has 9 nitrogen and oxygen atoms in total. The van der Waals surface area contributed by atoms with E-state index >= 15 is 0 Å². The Labute approximate surface area is 207 Å². The van der Waals surface area contributed by atoms with Crippen LogP contribution in [0.5, 0.6) is 11.5 Å². The summed E-state index contributed by atoms with van der Waals surface area (Å²) in [6, 6.07) is 11.7. The Balaban J connectivity index is 1.94. The highest BCUT2D eigenvalue weighted by Crippen LogP contribution is 2.34. The number of nitrogens with one attached hydrogen (secondary N) is 1. The second-order valence-corrected chi connectivity index (χ2v) is 10.3. The monoisotopic (exact) mass is 503 g/mol. The van der Waals surface area contributed by atoms with Crippen molar-refractivity contribution in [2.45, 2.75) is 39.8 Å². The van der Waals surface area contributed by atoms with Gasteiger partial charge in [0.25, 0.3) is 0 Å². The number of likely N-dealkylation sites (N-methyl/N-ethyl adjacent to an activating group) is 1. The minimum atomic E-state index is -3.83. The predicted molar refractivity (Wildman–Crippen MR) is 134 cm³/mol. The summed E-state index contributed by atoms with van der Waals surface area (Å²) < 4.78 is 37.6. The standard InChI is InChI=1S/C25H33N3O6S/c1-5-21(25(30)26-6-2)27(16-19-9-7-18(3)8-10-19)24(29)17-28(35(4,31)32)20-11-12-22-23(15-20)34-14-13-33-22/h7-12,15,21H,5-6,13-14,16-17H2,1-4H3,(H,26,30)/t21-/m1/s1. The van der Waals surface area contributed by atoms with Crippen LogP contribution < -0.4 is 19.1 Å². The molecular weight excluding hydrogens is 470 g/mol. The molecular formula is C25H33N3O6S.